The number of aliphatic hydroxyl groups is 1. The molecule has 20 heavy (non-hydrogen) atoms. The van der Waals surface area contributed by atoms with E-state index in [9.17, 15) is 5.11 Å². The first-order valence-electron chi connectivity index (χ1n) is 7.61. The maximum absolute atomic E-state index is 9.71. The molecular formula is C16H23NO3. The van der Waals surface area contributed by atoms with Crippen LogP contribution in [0.3, 0.4) is 0 Å². The lowest BCUT2D eigenvalue weighted by Gasteiger charge is -2.43. The standard InChI is InChI=1S/C16H23NO3/c18-8-2-1-5-14-12-4-3-9-20-16(12)13-10-11(19)6-7-15(13)17-14/h6-7,10,12,14,16-19H,1-5,8-9H2. The molecule has 2 heterocycles. The molecule has 3 rings (SSSR count). The number of aliphatic hydroxyl groups excluding tert-OH is 1. The Labute approximate surface area is 119 Å². The highest BCUT2D eigenvalue weighted by atomic mass is 16.5. The average molecular weight is 277 g/mol. The van der Waals surface area contributed by atoms with Crippen molar-refractivity contribution in [2.24, 2.45) is 5.92 Å². The zero-order valence-electron chi connectivity index (χ0n) is 11.7. The fraction of sp³-hybridized carbons (Fsp3) is 0.625. The van der Waals surface area contributed by atoms with E-state index < -0.39 is 0 Å². The van der Waals surface area contributed by atoms with E-state index in [0.717, 1.165) is 50.0 Å². The van der Waals surface area contributed by atoms with Gasteiger partial charge in [-0.3, -0.25) is 0 Å². The van der Waals surface area contributed by atoms with Gasteiger partial charge in [0, 0.05) is 36.4 Å². The molecule has 4 nitrogen and oxygen atoms in total. The number of anilines is 1. The zero-order chi connectivity index (χ0) is 13.9. The number of benzene rings is 1. The SMILES string of the molecule is OCCCCC1Nc2ccc(O)cc2C2OCCCC12. The number of rotatable bonds is 4. The Bertz CT molecular complexity index is 463. The maximum atomic E-state index is 9.71. The Balaban J connectivity index is 1.83. The molecule has 2 aliphatic rings. The van der Waals surface area contributed by atoms with Gasteiger partial charge in [0.2, 0.25) is 0 Å². The number of phenolic OH excluding ortho intramolecular Hbond substituents is 1. The molecule has 0 spiro atoms. The van der Waals surface area contributed by atoms with Crippen LogP contribution in [0.25, 0.3) is 0 Å². The van der Waals surface area contributed by atoms with E-state index in [4.69, 9.17) is 9.84 Å². The second kappa shape index (κ2) is 6.02. The number of hydrogen-bond donors (Lipinski definition) is 3. The van der Waals surface area contributed by atoms with Gasteiger partial charge in [0.25, 0.3) is 0 Å². The molecule has 0 aromatic heterocycles. The molecule has 1 saturated heterocycles. The van der Waals surface area contributed by atoms with E-state index in [1.165, 1.54) is 0 Å². The number of phenols is 1. The van der Waals surface area contributed by atoms with Crippen molar-refractivity contribution in [3.8, 4) is 5.75 Å². The molecule has 110 valence electrons. The highest BCUT2D eigenvalue weighted by molar-refractivity contribution is 5.58. The molecular weight excluding hydrogens is 254 g/mol. The highest BCUT2D eigenvalue weighted by Crippen LogP contribution is 2.45. The van der Waals surface area contributed by atoms with Gasteiger partial charge in [0.05, 0.1) is 6.10 Å². The lowest BCUT2D eigenvalue weighted by atomic mass is 9.78. The number of hydrogen-bond acceptors (Lipinski definition) is 4. The van der Waals surface area contributed by atoms with Crippen LogP contribution < -0.4 is 5.32 Å². The Morgan fingerprint density at radius 3 is 3.05 bits per heavy atom. The third kappa shape index (κ3) is 2.63. The molecule has 4 heteroatoms. The fourth-order valence-electron chi connectivity index (χ4n) is 3.52. The van der Waals surface area contributed by atoms with Crippen molar-refractivity contribution < 1.29 is 14.9 Å². The molecule has 1 aromatic rings. The summed E-state index contributed by atoms with van der Waals surface area (Å²) in [7, 11) is 0. The summed E-state index contributed by atoms with van der Waals surface area (Å²) < 4.78 is 6.00. The van der Waals surface area contributed by atoms with E-state index in [-0.39, 0.29) is 12.7 Å². The Morgan fingerprint density at radius 1 is 1.30 bits per heavy atom. The number of nitrogens with one attached hydrogen (secondary N) is 1. The minimum atomic E-state index is 0.103. The normalized spacial score (nSPS) is 28.4. The minimum Gasteiger partial charge on any atom is -0.508 e. The molecule has 2 aliphatic heterocycles. The van der Waals surface area contributed by atoms with E-state index in [2.05, 4.69) is 5.32 Å². The third-order valence-corrected chi connectivity index (χ3v) is 4.49. The maximum Gasteiger partial charge on any atom is 0.116 e. The molecule has 0 aliphatic carbocycles. The largest absolute Gasteiger partial charge is 0.508 e. The quantitative estimate of drug-likeness (QED) is 0.585. The molecule has 3 atom stereocenters. The molecule has 3 unspecified atom stereocenters. The summed E-state index contributed by atoms with van der Waals surface area (Å²) in [5.74, 6) is 0.772. The topological polar surface area (TPSA) is 61.7 Å². The van der Waals surface area contributed by atoms with Crippen LogP contribution in [-0.2, 0) is 4.74 Å². The third-order valence-electron chi connectivity index (χ3n) is 4.49. The van der Waals surface area contributed by atoms with Gasteiger partial charge in [-0.05, 0) is 50.3 Å². The van der Waals surface area contributed by atoms with E-state index in [0.29, 0.717) is 17.7 Å². The number of ether oxygens (including phenoxy) is 1. The van der Waals surface area contributed by atoms with Crippen molar-refractivity contribution in [1.82, 2.24) is 0 Å². The van der Waals surface area contributed by atoms with Crippen LogP contribution in [0.4, 0.5) is 5.69 Å². The van der Waals surface area contributed by atoms with Gasteiger partial charge in [-0.1, -0.05) is 0 Å². The summed E-state index contributed by atoms with van der Waals surface area (Å²) >= 11 is 0. The van der Waals surface area contributed by atoms with Crippen LogP contribution in [0, 0.1) is 5.92 Å². The number of aromatic hydroxyl groups is 1. The van der Waals surface area contributed by atoms with Gasteiger partial charge in [-0.25, -0.2) is 0 Å². The second-order valence-electron chi connectivity index (χ2n) is 5.84. The molecule has 0 bridgehead atoms. The summed E-state index contributed by atoms with van der Waals surface area (Å²) in [6.07, 6.45) is 5.32. The molecule has 1 aromatic carbocycles. The number of fused-ring (bicyclic) bond motifs is 3. The van der Waals surface area contributed by atoms with Gasteiger partial charge in [-0.15, -0.1) is 0 Å². The van der Waals surface area contributed by atoms with Gasteiger partial charge in [-0.2, -0.15) is 0 Å². The Kier molecular flexibility index (Phi) is 4.13. The van der Waals surface area contributed by atoms with Crippen LogP contribution in [-0.4, -0.2) is 29.5 Å². The van der Waals surface area contributed by atoms with E-state index >= 15 is 0 Å². The molecule has 0 saturated carbocycles. The van der Waals surface area contributed by atoms with Crippen molar-refractivity contribution in [2.45, 2.75) is 44.2 Å². The van der Waals surface area contributed by atoms with Gasteiger partial charge in [0.15, 0.2) is 0 Å². The summed E-state index contributed by atoms with van der Waals surface area (Å²) in [5.41, 5.74) is 2.17. The van der Waals surface area contributed by atoms with Crippen LogP contribution >= 0.6 is 0 Å². The van der Waals surface area contributed by atoms with Crippen LogP contribution in [0.5, 0.6) is 5.75 Å². The van der Waals surface area contributed by atoms with Crippen LogP contribution in [0.1, 0.15) is 43.8 Å². The van der Waals surface area contributed by atoms with Gasteiger partial charge >= 0.3 is 0 Å². The van der Waals surface area contributed by atoms with Crippen LogP contribution in [0.2, 0.25) is 0 Å². The van der Waals surface area contributed by atoms with Crippen molar-refractivity contribution in [1.29, 1.82) is 0 Å². The zero-order valence-corrected chi connectivity index (χ0v) is 11.7. The second-order valence-corrected chi connectivity index (χ2v) is 5.84. The first-order chi connectivity index (χ1) is 9.79. The van der Waals surface area contributed by atoms with Crippen molar-refractivity contribution >= 4 is 5.69 Å². The summed E-state index contributed by atoms with van der Waals surface area (Å²) in [6.45, 7) is 1.07. The highest BCUT2D eigenvalue weighted by Gasteiger charge is 2.38. The summed E-state index contributed by atoms with van der Waals surface area (Å²) in [5, 5.41) is 22.3. The number of unbranched alkanes of at least 4 members (excludes halogenated alkanes) is 1. The first kappa shape index (κ1) is 13.7. The predicted molar refractivity (Wildman–Crippen MR) is 77.9 cm³/mol. The van der Waals surface area contributed by atoms with Gasteiger partial charge < -0.3 is 20.3 Å². The first-order valence-corrected chi connectivity index (χ1v) is 7.61. The summed E-state index contributed by atoms with van der Waals surface area (Å²) in [4.78, 5) is 0. The Morgan fingerprint density at radius 2 is 2.20 bits per heavy atom. The lowest BCUT2D eigenvalue weighted by molar-refractivity contribution is -0.0388. The van der Waals surface area contributed by atoms with E-state index in [1.54, 1.807) is 6.07 Å². The lowest BCUT2D eigenvalue weighted by Crippen LogP contribution is -2.41. The van der Waals surface area contributed by atoms with Crippen molar-refractivity contribution in [3.63, 3.8) is 0 Å². The molecule has 0 radical (unpaired) electrons. The predicted octanol–water partition coefficient (Wildman–Crippen LogP) is 2.82. The minimum absolute atomic E-state index is 0.103. The average Bonchev–Trinajstić information content (AvgIpc) is 2.48. The van der Waals surface area contributed by atoms with E-state index in [1.807, 2.05) is 12.1 Å². The smallest absolute Gasteiger partial charge is 0.116 e. The van der Waals surface area contributed by atoms with Crippen LogP contribution in [0.15, 0.2) is 18.2 Å². The van der Waals surface area contributed by atoms with Gasteiger partial charge in [0.1, 0.15) is 5.75 Å². The molecule has 3 N–H and O–H groups in total. The van der Waals surface area contributed by atoms with Crippen molar-refractivity contribution in [2.75, 3.05) is 18.5 Å². The molecule has 0 amide bonds. The molecule has 1 fully saturated rings. The van der Waals surface area contributed by atoms with Crippen molar-refractivity contribution in [3.05, 3.63) is 23.8 Å². The summed E-state index contributed by atoms with van der Waals surface area (Å²) in [6, 6.07) is 5.90. The fourth-order valence-corrected chi connectivity index (χ4v) is 3.52. The monoisotopic (exact) mass is 277 g/mol. The Hall–Kier alpha value is -1.26.